The first kappa shape index (κ1) is 13.4. The zero-order valence-corrected chi connectivity index (χ0v) is 10.3. The van der Waals surface area contributed by atoms with Gasteiger partial charge in [-0.3, -0.25) is 11.3 Å². The predicted molar refractivity (Wildman–Crippen MR) is 64.6 cm³/mol. The highest BCUT2D eigenvalue weighted by Crippen LogP contribution is 2.35. The van der Waals surface area contributed by atoms with E-state index in [1.165, 1.54) is 6.07 Å². The van der Waals surface area contributed by atoms with Crippen LogP contribution in [0.1, 0.15) is 31.4 Å². The van der Waals surface area contributed by atoms with Crippen LogP contribution in [-0.4, -0.2) is 12.7 Å². The lowest BCUT2D eigenvalue weighted by molar-refractivity contribution is 0.0769. The van der Waals surface area contributed by atoms with Crippen molar-refractivity contribution in [2.75, 3.05) is 6.61 Å². The van der Waals surface area contributed by atoms with Gasteiger partial charge in [-0.25, -0.2) is 8.78 Å². The second kappa shape index (κ2) is 5.73. The van der Waals surface area contributed by atoms with Gasteiger partial charge in [0.05, 0.1) is 12.1 Å². The van der Waals surface area contributed by atoms with Crippen molar-refractivity contribution in [2.45, 2.75) is 31.9 Å². The van der Waals surface area contributed by atoms with Crippen LogP contribution in [0.3, 0.4) is 0 Å². The Morgan fingerprint density at radius 3 is 2.94 bits per heavy atom. The molecule has 3 N–H and O–H groups in total. The van der Waals surface area contributed by atoms with E-state index in [0.29, 0.717) is 6.61 Å². The molecule has 1 aromatic carbocycles. The molecule has 0 amide bonds. The van der Waals surface area contributed by atoms with Crippen LogP contribution in [0.15, 0.2) is 18.2 Å². The minimum atomic E-state index is -0.460. The third kappa shape index (κ3) is 2.53. The Morgan fingerprint density at radius 2 is 2.28 bits per heavy atom. The van der Waals surface area contributed by atoms with Crippen molar-refractivity contribution in [3.05, 3.63) is 35.4 Å². The normalized spacial score (nSPS) is 25.3. The largest absolute Gasteiger partial charge is 0.378 e. The van der Waals surface area contributed by atoms with Crippen LogP contribution in [0.5, 0.6) is 0 Å². The highest BCUT2D eigenvalue weighted by Gasteiger charge is 2.35. The van der Waals surface area contributed by atoms with Gasteiger partial charge in [-0.15, -0.1) is 0 Å². The van der Waals surface area contributed by atoms with Crippen molar-refractivity contribution in [1.29, 1.82) is 0 Å². The molecule has 100 valence electrons. The number of hydrogen-bond acceptors (Lipinski definition) is 3. The van der Waals surface area contributed by atoms with E-state index in [1.54, 1.807) is 0 Å². The second-order valence-corrected chi connectivity index (χ2v) is 4.58. The highest BCUT2D eigenvalue weighted by atomic mass is 19.1. The number of ether oxygens (including phenoxy) is 1. The molecule has 0 bridgehead atoms. The van der Waals surface area contributed by atoms with Gasteiger partial charge >= 0.3 is 0 Å². The maximum atomic E-state index is 13.8. The smallest absolute Gasteiger partial charge is 0.128 e. The molecule has 1 saturated heterocycles. The van der Waals surface area contributed by atoms with E-state index in [1.807, 2.05) is 6.92 Å². The molecule has 5 heteroatoms. The second-order valence-electron chi connectivity index (χ2n) is 4.58. The molecule has 18 heavy (non-hydrogen) atoms. The van der Waals surface area contributed by atoms with Crippen molar-refractivity contribution in [2.24, 2.45) is 11.8 Å². The van der Waals surface area contributed by atoms with Gasteiger partial charge in [0.25, 0.3) is 0 Å². The summed E-state index contributed by atoms with van der Waals surface area (Å²) >= 11 is 0. The first-order valence-corrected chi connectivity index (χ1v) is 6.20. The Bertz CT molecular complexity index is 414. The maximum absolute atomic E-state index is 13.8. The first-order valence-electron chi connectivity index (χ1n) is 6.20. The predicted octanol–water partition coefficient (Wildman–Crippen LogP) is 2.28. The van der Waals surface area contributed by atoms with Crippen molar-refractivity contribution in [3.63, 3.8) is 0 Å². The molecule has 1 aromatic rings. The van der Waals surface area contributed by atoms with Crippen molar-refractivity contribution >= 4 is 0 Å². The molecule has 1 aliphatic rings. The summed E-state index contributed by atoms with van der Waals surface area (Å²) in [4.78, 5) is 0. The van der Waals surface area contributed by atoms with E-state index in [0.717, 1.165) is 25.0 Å². The van der Waals surface area contributed by atoms with Gasteiger partial charge in [0.1, 0.15) is 11.6 Å². The number of hydrogen-bond donors (Lipinski definition) is 2. The Morgan fingerprint density at radius 1 is 1.50 bits per heavy atom. The topological polar surface area (TPSA) is 47.3 Å². The minimum absolute atomic E-state index is 0.0358. The average Bonchev–Trinajstić information content (AvgIpc) is 2.83. The number of hydrazine groups is 1. The standard InChI is InChI=1S/C13H18F2N2O/c1-2-12-9(5-6-18-12)13(17-16)10-7-8(14)3-4-11(10)15/h3-4,7,9,12-13,17H,2,5-6,16H2,1H3. The fraction of sp³-hybridized carbons (Fsp3) is 0.538. The molecule has 0 aromatic heterocycles. The molecular weight excluding hydrogens is 238 g/mol. The Kier molecular flexibility index (Phi) is 4.27. The zero-order chi connectivity index (χ0) is 13.1. The zero-order valence-electron chi connectivity index (χ0n) is 10.3. The summed E-state index contributed by atoms with van der Waals surface area (Å²) in [6.07, 6.45) is 1.66. The van der Waals surface area contributed by atoms with Crippen LogP contribution in [0.4, 0.5) is 8.78 Å². The number of benzene rings is 1. The summed E-state index contributed by atoms with van der Waals surface area (Å²) in [7, 11) is 0. The monoisotopic (exact) mass is 256 g/mol. The van der Waals surface area contributed by atoms with Crippen LogP contribution in [0.25, 0.3) is 0 Å². The molecule has 0 aliphatic carbocycles. The minimum Gasteiger partial charge on any atom is -0.378 e. The molecule has 3 unspecified atom stereocenters. The molecule has 0 saturated carbocycles. The van der Waals surface area contributed by atoms with Gasteiger partial charge in [0.15, 0.2) is 0 Å². The van der Waals surface area contributed by atoms with Crippen LogP contribution in [-0.2, 0) is 4.74 Å². The molecule has 1 fully saturated rings. The van der Waals surface area contributed by atoms with Crippen LogP contribution >= 0.6 is 0 Å². The van der Waals surface area contributed by atoms with E-state index in [9.17, 15) is 8.78 Å². The Balaban J connectivity index is 2.30. The summed E-state index contributed by atoms with van der Waals surface area (Å²) in [5.41, 5.74) is 2.88. The number of nitrogens with two attached hydrogens (primary N) is 1. The van der Waals surface area contributed by atoms with E-state index >= 15 is 0 Å². The lowest BCUT2D eigenvalue weighted by Gasteiger charge is -2.27. The lowest BCUT2D eigenvalue weighted by atomic mass is 9.87. The van der Waals surface area contributed by atoms with Gasteiger partial charge in [-0.05, 0) is 31.0 Å². The molecule has 1 aliphatic heterocycles. The van der Waals surface area contributed by atoms with E-state index in [2.05, 4.69) is 5.43 Å². The third-order valence-corrected chi connectivity index (χ3v) is 3.56. The summed E-state index contributed by atoms with van der Waals surface area (Å²) < 4.78 is 32.6. The van der Waals surface area contributed by atoms with Crippen LogP contribution in [0, 0.1) is 17.6 Å². The molecular formula is C13H18F2N2O. The molecule has 0 spiro atoms. The Hall–Kier alpha value is -1.04. The van der Waals surface area contributed by atoms with Crippen LogP contribution < -0.4 is 11.3 Å². The fourth-order valence-corrected chi connectivity index (χ4v) is 2.66. The average molecular weight is 256 g/mol. The Labute approximate surface area is 105 Å². The number of rotatable bonds is 4. The van der Waals surface area contributed by atoms with Crippen LogP contribution in [0.2, 0.25) is 0 Å². The van der Waals surface area contributed by atoms with E-state index in [4.69, 9.17) is 10.6 Å². The summed E-state index contributed by atoms with van der Waals surface area (Å²) in [6, 6.07) is 3.01. The van der Waals surface area contributed by atoms with E-state index < -0.39 is 17.7 Å². The lowest BCUT2D eigenvalue weighted by Crippen LogP contribution is -2.37. The van der Waals surface area contributed by atoms with Crippen molar-refractivity contribution in [3.8, 4) is 0 Å². The third-order valence-electron chi connectivity index (χ3n) is 3.56. The first-order chi connectivity index (χ1) is 8.67. The van der Waals surface area contributed by atoms with Gasteiger partial charge in [0, 0.05) is 18.1 Å². The number of halogens is 2. The van der Waals surface area contributed by atoms with Gasteiger partial charge in [-0.1, -0.05) is 6.92 Å². The molecule has 1 heterocycles. The van der Waals surface area contributed by atoms with Gasteiger partial charge in [0.2, 0.25) is 0 Å². The molecule has 2 rings (SSSR count). The summed E-state index contributed by atoms with van der Waals surface area (Å²) in [6.45, 7) is 2.65. The fourth-order valence-electron chi connectivity index (χ4n) is 2.66. The SMILES string of the molecule is CCC1OCCC1C(NN)c1cc(F)ccc1F. The van der Waals surface area contributed by atoms with Gasteiger partial charge < -0.3 is 4.74 Å². The van der Waals surface area contributed by atoms with Crippen molar-refractivity contribution < 1.29 is 13.5 Å². The molecule has 0 radical (unpaired) electrons. The summed E-state index contributed by atoms with van der Waals surface area (Å²) in [5.74, 6) is 4.69. The quantitative estimate of drug-likeness (QED) is 0.642. The van der Waals surface area contributed by atoms with E-state index in [-0.39, 0.29) is 17.6 Å². The summed E-state index contributed by atoms with van der Waals surface area (Å²) in [5, 5.41) is 0. The number of nitrogens with one attached hydrogen (secondary N) is 1. The molecule has 3 atom stereocenters. The molecule has 3 nitrogen and oxygen atoms in total. The maximum Gasteiger partial charge on any atom is 0.128 e. The van der Waals surface area contributed by atoms with Crippen molar-refractivity contribution in [1.82, 2.24) is 5.43 Å². The highest BCUT2D eigenvalue weighted by molar-refractivity contribution is 5.23. The van der Waals surface area contributed by atoms with Gasteiger partial charge in [-0.2, -0.15) is 0 Å².